The maximum atomic E-state index is 9.53. The molecule has 1 rings (SSSR count). The Kier molecular flexibility index (Phi) is 1.67. The van der Waals surface area contributed by atoms with Crippen molar-refractivity contribution in [3.05, 3.63) is 24.3 Å². The van der Waals surface area contributed by atoms with E-state index in [0.29, 0.717) is 6.42 Å². The quantitative estimate of drug-likeness (QED) is 0.560. The largest absolute Gasteiger partial charge is 0.389 e. The molecule has 0 spiro atoms. The molecule has 2 heteroatoms. The molecule has 0 bridgehead atoms. The van der Waals surface area contributed by atoms with Gasteiger partial charge in [-0.3, -0.25) is 0 Å². The lowest BCUT2D eigenvalue weighted by Gasteiger charge is -2.18. The zero-order valence-electron chi connectivity index (χ0n) is 6.04. The van der Waals surface area contributed by atoms with Gasteiger partial charge in [0.15, 0.2) is 0 Å². The van der Waals surface area contributed by atoms with Crippen molar-refractivity contribution in [3.8, 4) is 0 Å². The Hall–Kier alpha value is -0.600. The molecule has 0 fully saturated rings. The lowest BCUT2D eigenvalue weighted by molar-refractivity contribution is 0.0689. The predicted octanol–water partition coefficient (Wildman–Crippen LogP) is 0.614. The molecule has 0 aromatic rings. The fraction of sp³-hybridized carbons (Fsp3) is 0.500. The molecular weight excluding hydrogens is 128 g/mol. The van der Waals surface area contributed by atoms with Crippen LogP contribution in [0, 0.1) is 0 Å². The van der Waals surface area contributed by atoms with Crippen LogP contribution < -0.4 is 0 Å². The van der Waals surface area contributed by atoms with Gasteiger partial charge in [0.1, 0.15) is 0 Å². The van der Waals surface area contributed by atoms with E-state index in [0.717, 1.165) is 5.57 Å². The molecule has 0 amide bonds. The first-order chi connectivity index (χ1) is 4.56. The van der Waals surface area contributed by atoms with Gasteiger partial charge in [-0.15, -0.1) is 0 Å². The summed E-state index contributed by atoms with van der Waals surface area (Å²) >= 11 is 0. The molecule has 0 aromatic carbocycles. The standard InChI is InChI=1S/C8H12O2/c1-3-6-4-7(9)5-8(6,2)10/h3-4,7,9-10H,1,5H2,2H3/t7-,8-/m1/s1. The Morgan fingerprint density at radius 2 is 2.50 bits per heavy atom. The van der Waals surface area contributed by atoms with Crippen LogP contribution in [0.25, 0.3) is 0 Å². The fourth-order valence-electron chi connectivity index (χ4n) is 1.26. The molecule has 1 aliphatic rings. The van der Waals surface area contributed by atoms with E-state index in [9.17, 15) is 5.11 Å². The van der Waals surface area contributed by atoms with Crippen molar-refractivity contribution in [1.82, 2.24) is 0 Å². The first-order valence-corrected chi connectivity index (χ1v) is 3.31. The topological polar surface area (TPSA) is 40.5 Å². The van der Waals surface area contributed by atoms with E-state index in [1.165, 1.54) is 0 Å². The number of hydrogen-bond donors (Lipinski definition) is 2. The highest BCUT2D eigenvalue weighted by Crippen LogP contribution is 2.30. The van der Waals surface area contributed by atoms with Crippen LogP contribution in [0.2, 0.25) is 0 Å². The second-order valence-electron chi connectivity index (χ2n) is 2.87. The highest BCUT2D eigenvalue weighted by atomic mass is 16.3. The molecule has 10 heavy (non-hydrogen) atoms. The summed E-state index contributed by atoms with van der Waals surface area (Å²) in [5, 5.41) is 18.6. The maximum Gasteiger partial charge on any atom is 0.0893 e. The Bertz CT molecular complexity index is 180. The van der Waals surface area contributed by atoms with Crippen LogP contribution in [0.4, 0.5) is 0 Å². The average Bonchev–Trinajstić information content (AvgIpc) is 2.04. The highest BCUT2D eigenvalue weighted by Gasteiger charge is 2.32. The second-order valence-corrected chi connectivity index (χ2v) is 2.87. The summed E-state index contributed by atoms with van der Waals surface area (Å²) in [6, 6.07) is 0. The van der Waals surface area contributed by atoms with Gasteiger partial charge in [0.25, 0.3) is 0 Å². The van der Waals surface area contributed by atoms with Gasteiger partial charge in [0, 0.05) is 6.42 Å². The summed E-state index contributed by atoms with van der Waals surface area (Å²) in [5.41, 5.74) is -0.152. The number of aliphatic hydroxyl groups is 2. The smallest absolute Gasteiger partial charge is 0.0893 e. The van der Waals surface area contributed by atoms with Crippen molar-refractivity contribution in [2.45, 2.75) is 25.0 Å². The third-order valence-corrected chi connectivity index (χ3v) is 1.82. The molecule has 1 aliphatic carbocycles. The van der Waals surface area contributed by atoms with Gasteiger partial charge in [-0.25, -0.2) is 0 Å². The van der Waals surface area contributed by atoms with Gasteiger partial charge >= 0.3 is 0 Å². The molecular formula is C8H12O2. The molecule has 0 unspecified atom stereocenters. The van der Waals surface area contributed by atoms with Crippen LogP contribution in [0.15, 0.2) is 24.3 Å². The number of rotatable bonds is 1. The van der Waals surface area contributed by atoms with E-state index in [1.807, 2.05) is 0 Å². The third kappa shape index (κ3) is 1.13. The van der Waals surface area contributed by atoms with Crippen LogP contribution in [0.3, 0.4) is 0 Å². The zero-order chi connectivity index (χ0) is 7.78. The van der Waals surface area contributed by atoms with Gasteiger partial charge < -0.3 is 10.2 Å². The van der Waals surface area contributed by atoms with E-state index in [-0.39, 0.29) is 0 Å². The molecule has 2 atom stereocenters. The minimum absolute atomic E-state index is 0.383. The Morgan fingerprint density at radius 3 is 2.70 bits per heavy atom. The molecule has 0 aromatic heterocycles. The Morgan fingerprint density at radius 1 is 1.90 bits per heavy atom. The molecule has 0 radical (unpaired) electrons. The fourth-order valence-corrected chi connectivity index (χ4v) is 1.26. The van der Waals surface area contributed by atoms with Crippen LogP contribution in [-0.4, -0.2) is 21.9 Å². The van der Waals surface area contributed by atoms with Crippen molar-refractivity contribution in [2.24, 2.45) is 0 Å². The van der Waals surface area contributed by atoms with Crippen molar-refractivity contribution in [3.63, 3.8) is 0 Å². The van der Waals surface area contributed by atoms with Gasteiger partial charge in [0.05, 0.1) is 11.7 Å². The van der Waals surface area contributed by atoms with Gasteiger partial charge in [-0.05, 0) is 12.5 Å². The Balaban J connectivity index is 2.85. The van der Waals surface area contributed by atoms with E-state index < -0.39 is 11.7 Å². The minimum atomic E-state index is -0.874. The lowest BCUT2D eigenvalue weighted by atomic mass is 9.98. The Labute approximate surface area is 60.5 Å². The monoisotopic (exact) mass is 140 g/mol. The number of hydrogen-bond acceptors (Lipinski definition) is 2. The van der Waals surface area contributed by atoms with E-state index in [1.54, 1.807) is 19.1 Å². The summed E-state index contributed by atoms with van der Waals surface area (Å²) in [6.45, 7) is 5.21. The van der Waals surface area contributed by atoms with Crippen LogP contribution >= 0.6 is 0 Å². The van der Waals surface area contributed by atoms with Crippen molar-refractivity contribution < 1.29 is 10.2 Å². The molecule has 0 aliphatic heterocycles. The van der Waals surface area contributed by atoms with Crippen molar-refractivity contribution in [1.29, 1.82) is 0 Å². The first-order valence-electron chi connectivity index (χ1n) is 3.31. The summed E-state index contributed by atoms with van der Waals surface area (Å²) in [7, 11) is 0. The van der Waals surface area contributed by atoms with Crippen LogP contribution in [0.5, 0.6) is 0 Å². The summed E-state index contributed by atoms with van der Waals surface area (Å²) in [5.74, 6) is 0. The highest BCUT2D eigenvalue weighted by molar-refractivity contribution is 5.32. The van der Waals surface area contributed by atoms with Crippen molar-refractivity contribution >= 4 is 0 Å². The normalized spacial score (nSPS) is 39.5. The molecule has 0 saturated heterocycles. The average molecular weight is 140 g/mol. The minimum Gasteiger partial charge on any atom is -0.389 e. The molecule has 2 N–H and O–H groups in total. The summed E-state index contributed by atoms with van der Waals surface area (Å²) in [6.07, 6.45) is 3.08. The van der Waals surface area contributed by atoms with E-state index in [4.69, 9.17) is 5.11 Å². The maximum absolute atomic E-state index is 9.53. The van der Waals surface area contributed by atoms with E-state index >= 15 is 0 Å². The zero-order valence-corrected chi connectivity index (χ0v) is 6.04. The van der Waals surface area contributed by atoms with Crippen molar-refractivity contribution in [2.75, 3.05) is 0 Å². The van der Waals surface area contributed by atoms with Gasteiger partial charge in [0.2, 0.25) is 0 Å². The SMILES string of the molecule is C=CC1=C[C@@H](O)C[C@@]1(C)O. The van der Waals surface area contributed by atoms with Crippen LogP contribution in [-0.2, 0) is 0 Å². The number of aliphatic hydroxyl groups excluding tert-OH is 1. The summed E-state index contributed by atoms with van der Waals surface area (Å²) < 4.78 is 0. The molecule has 2 nitrogen and oxygen atoms in total. The molecule has 0 saturated carbocycles. The third-order valence-electron chi connectivity index (χ3n) is 1.82. The summed E-state index contributed by atoms with van der Waals surface area (Å²) in [4.78, 5) is 0. The first kappa shape index (κ1) is 7.51. The predicted molar refractivity (Wildman–Crippen MR) is 39.5 cm³/mol. The van der Waals surface area contributed by atoms with Gasteiger partial charge in [-0.2, -0.15) is 0 Å². The molecule has 0 heterocycles. The van der Waals surface area contributed by atoms with Gasteiger partial charge in [-0.1, -0.05) is 18.7 Å². The lowest BCUT2D eigenvalue weighted by Crippen LogP contribution is -2.24. The molecule has 56 valence electrons. The van der Waals surface area contributed by atoms with Crippen LogP contribution in [0.1, 0.15) is 13.3 Å². The second kappa shape index (κ2) is 2.22. The van der Waals surface area contributed by atoms with E-state index in [2.05, 4.69) is 6.58 Å².